The van der Waals surface area contributed by atoms with E-state index < -0.39 is 29.4 Å². The summed E-state index contributed by atoms with van der Waals surface area (Å²) in [6, 6.07) is 3.61. The SMILES string of the molecule is O=C(O)/C=C\C(=O)NC[C@@H]1CC[C@H](n2cc(-c3cccs3)c(=O)[nH]c2=O)O1. The van der Waals surface area contributed by atoms with Gasteiger partial charge in [0.25, 0.3) is 5.56 Å². The van der Waals surface area contributed by atoms with Crippen molar-refractivity contribution < 1.29 is 19.4 Å². The molecule has 9 nitrogen and oxygen atoms in total. The van der Waals surface area contributed by atoms with Crippen molar-refractivity contribution in [1.29, 1.82) is 0 Å². The average Bonchev–Trinajstić information content (AvgIpc) is 3.30. The normalized spacial score (nSPS) is 19.4. The van der Waals surface area contributed by atoms with Crippen molar-refractivity contribution in [3.8, 4) is 10.4 Å². The standard InChI is InChI=1S/C17H17N3O6S/c21-13(4-6-15(22)23)18-8-10-3-5-14(26-10)20-9-11(12-2-1-7-27-12)16(24)19-17(20)25/h1-2,4,6-7,9-10,14H,3,5,8H2,(H,18,21)(H,22,23)(H,19,24,25)/b6-4-/t10-,14+/m0/s1. The van der Waals surface area contributed by atoms with Gasteiger partial charge in [-0.1, -0.05) is 6.07 Å². The van der Waals surface area contributed by atoms with Crippen LogP contribution in [0.15, 0.2) is 45.5 Å². The summed E-state index contributed by atoms with van der Waals surface area (Å²) >= 11 is 1.39. The van der Waals surface area contributed by atoms with E-state index in [0.717, 1.165) is 17.0 Å². The van der Waals surface area contributed by atoms with E-state index in [-0.39, 0.29) is 12.6 Å². The Morgan fingerprint density at radius 2 is 2.19 bits per heavy atom. The van der Waals surface area contributed by atoms with Gasteiger partial charge in [-0.05, 0) is 24.3 Å². The zero-order valence-electron chi connectivity index (χ0n) is 14.1. The minimum atomic E-state index is -1.21. The summed E-state index contributed by atoms with van der Waals surface area (Å²) in [6.07, 6.45) is 3.45. The molecule has 1 saturated heterocycles. The molecule has 2 aromatic rings. The van der Waals surface area contributed by atoms with E-state index in [9.17, 15) is 19.2 Å². The van der Waals surface area contributed by atoms with Gasteiger partial charge in [0.05, 0.1) is 11.7 Å². The van der Waals surface area contributed by atoms with Crippen LogP contribution in [0.5, 0.6) is 0 Å². The highest BCUT2D eigenvalue weighted by Crippen LogP contribution is 2.28. The van der Waals surface area contributed by atoms with Crippen LogP contribution in [0.2, 0.25) is 0 Å². The van der Waals surface area contributed by atoms with Crippen molar-refractivity contribution in [2.24, 2.45) is 0 Å². The fraction of sp³-hybridized carbons (Fsp3) is 0.294. The van der Waals surface area contributed by atoms with Crippen molar-refractivity contribution in [3.05, 3.63) is 56.7 Å². The van der Waals surface area contributed by atoms with E-state index in [0.29, 0.717) is 18.4 Å². The van der Waals surface area contributed by atoms with Crippen molar-refractivity contribution in [3.63, 3.8) is 0 Å². The van der Waals surface area contributed by atoms with E-state index in [2.05, 4.69) is 10.3 Å². The highest BCUT2D eigenvalue weighted by Gasteiger charge is 2.28. The van der Waals surface area contributed by atoms with Crippen LogP contribution >= 0.6 is 11.3 Å². The van der Waals surface area contributed by atoms with Crippen molar-refractivity contribution in [1.82, 2.24) is 14.9 Å². The maximum atomic E-state index is 12.2. The quantitative estimate of drug-likeness (QED) is 0.622. The molecule has 142 valence electrons. The molecular formula is C17H17N3O6S. The molecule has 2 aromatic heterocycles. The summed E-state index contributed by atoms with van der Waals surface area (Å²) in [6.45, 7) is 0.190. The number of hydrogen-bond acceptors (Lipinski definition) is 6. The number of amides is 1. The van der Waals surface area contributed by atoms with Gasteiger partial charge in [-0.25, -0.2) is 9.59 Å². The Kier molecular flexibility index (Phi) is 5.67. The highest BCUT2D eigenvalue weighted by molar-refractivity contribution is 7.13. The van der Waals surface area contributed by atoms with Gasteiger partial charge in [-0.15, -0.1) is 11.3 Å². The summed E-state index contributed by atoms with van der Waals surface area (Å²) in [5, 5.41) is 12.9. The van der Waals surface area contributed by atoms with E-state index in [1.54, 1.807) is 6.07 Å². The Balaban J connectivity index is 1.68. The molecule has 0 saturated carbocycles. The van der Waals surface area contributed by atoms with Gasteiger partial charge in [0.15, 0.2) is 0 Å². The first-order valence-electron chi connectivity index (χ1n) is 8.17. The Morgan fingerprint density at radius 3 is 2.89 bits per heavy atom. The molecule has 1 aliphatic rings. The average molecular weight is 391 g/mol. The number of aromatic nitrogens is 2. The smallest absolute Gasteiger partial charge is 0.330 e. The molecule has 10 heteroatoms. The lowest BCUT2D eigenvalue weighted by Gasteiger charge is -2.16. The molecule has 0 bridgehead atoms. The number of carbonyl (C=O) groups excluding carboxylic acids is 1. The fourth-order valence-electron chi connectivity index (χ4n) is 2.77. The number of thiophene rings is 1. The predicted octanol–water partition coefficient (Wildman–Crippen LogP) is 0.700. The van der Waals surface area contributed by atoms with Crippen LogP contribution in [0, 0.1) is 0 Å². The first-order valence-corrected chi connectivity index (χ1v) is 9.05. The number of aliphatic carboxylic acids is 1. The van der Waals surface area contributed by atoms with Gasteiger partial charge in [-0.3, -0.25) is 19.1 Å². The number of nitrogens with one attached hydrogen (secondary N) is 2. The fourth-order valence-corrected chi connectivity index (χ4v) is 3.50. The Morgan fingerprint density at radius 1 is 1.37 bits per heavy atom. The molecule has 3 heterocycles. The van der Waals surface area contributed by atoms with Crippen LogP contribution < -0.4 is 16.6 Å². The van der Waals surface area contributed by atoms with Gasteiger partial charge in [-0.2, -0.15) is 0 Å². The zero-order chi connectivity index (χ0) is 19.4. The van der Waals surface area contributed by atoms with Crippen molar-refractivity contribution in [2.75, 3.05) is 6.54 Å². The molecule has 1 aliphatic heterocycles. The molecule has 0 aromatic carbocycles. The van der Waals surface area contributed by atoms with Crippen molar-refractivity contribution >= 4 is 23.2 Å². The number of carboxylic acid groups (broad SMARTS) is 1. The first-order chi connectivity index (χ1) is 12.9. The second-order valence-electron chi connectivity index (χ2n) is 5.89. The summed E-state index contributed by atoms with van der Waals surface area (Å²) in [5.74, 6) is -1.74. The van der Waals surface area contributed by atoms with E-state index in [4.69, 9.17) is 9.84 Å². The lowest BCUT2D eigenvalue weighted by molar-refractivity contribution is -0.131. The number of carboxylic acids is 1. The number of aromatic amines is 1. The molecule has 0 spiro atoms. The molecule has 1 amide bonds. The molecule has 0 aliphatic carbocycles. The first kappa shape index (κ1) is 18.8. The van der Waals surface area contributed by atoms with Gasteiger partial charge in [0, 0.05) is 29.8 Å². The molecule has 27 heavy (non-hydrogen) atoms. The van der Waals surface area contributed by atoms with Gasteiger partial charge in [0.1, 0.15) is 6.23 Å². The second kappa shape index (κ2) is 8.14. The van der Waals surface area contributed by atoms with E-state index >= 15 is 0 Å². The van der Waals surface area contributed by atoms with Crippen LogP contribution in [0.25, 0.3) is 10.4 Å². The Bertz CT molecular complexity index is 975. The predicted molar refractivity (Wildman–Crippen MR) is 97.6 cm³/mol. The van der Waals surface area contributed by atoms with Gasteiger partial charge >= 0.3 is 11.7 Å². The minimum Gasteiger partial charge on any atom is -0.478 e. The van der Waals surface area contributed by atoms with Crippen molar-refractivity contribution in [2.45, 2.75) is 25.2 Å². The number of hydrogen-bond donors (Lipinski definition) is 3. The number of nitrogens with zero attached hydrogens (tertiary/aromatic N) is 1. The Hall–Kier alpha value is -2.98. The minimum absolute atomic E-state index is 0.190. The van der Waals surface area contributed by atoms with E-state index in [1.165, 1.54) is 22.1 Å². The lowest BCUT2D eigenvalue weighted by Crippen LogP contribution is -2.34. The van der Waals surface area contributed by atoms with Crippen LogP contribution in [0.4, 0.5) is 0 Å². The van der Waals surface area contributed by atoms with E-state index in [1.807, 2.05) is 11.4 Å². The Labute approximate surface area is 156 Å². The van der Waals surface area contributed by atoms with Gasteiger partial charge < -0.3 is 15.2 Å². The van der Waals surface area contributed by atoms with Crippen LogP contribution in [-0.4, -0.2) is 39.2 Å². The number of rotatable bonds is 6. The zero-order valence-corrected chi connectivity index (χ0v) is 14.9. The molecule has 2 atom stereocenters. The maximum Gasteiger partial charge on any atom is 0.330 e. The molecule has 1 fully saturated rings. The third kappa shape index (κ3) is 4.60. The third-order valence-corrected chi connectivity index (χ3v) is 4.93. The number of carbonyl (C=O) groups is 2. The van der Waals surface area contributed by atoms with Crippen LogP contribution in [0.1, 0.15) is 19.1 Å². The van der Waals surface area contributed by atoms with Crippen LogP contribution in [-0.2, 0) is 14.3 Å². The lowest BCUT2D eigenvalue weighted by atomic mass is 10.2. The molecule has 3 N–H and O–H groups in total. The number of H-pyrrole nitrogens is 1. The summed E-state index contributed by atoms with van der Waals surface area (Å²) in [5.41, 5.74) is -0.617. The topological polar surface area (TPSA) is 130 Å². The van der Waals surface area contributed by atoms with Crippen LogP contribution in [0.3, 0.4) is 0 Å². The van der Waals surface area contributed by atoms with Gasteiger partial charge in [0.2, 0.25) is 5.91 Å². The molecule has 3 rings (SSSR count). The number of ether oxygens (including phenoxy) is 1. The largest absolute Gasteiger partial charge is 0.478 e. The third-order valence-electron chi connectivity index (χ3n) is 4.03. The summed E-state index contributed by atoms with van der Waals surface area (Å²) < 4.78 is 7.16. The highest BCUT2D eigenvalue weighted by atomic mass is 32.1. The summed E-state index contributed by atoms with van der Waals surface area (Å²) in [4.78, 5) is 49.2. The summed E-state index contributed by atoms with van der Waals surface area (Å²) in [7, 11) is 0. The second-order valence-corrected chi connectivity index (χ2v) is 6.84. The monoisotopic (exact) mass is 391 g/mol. The maximum absolute atomic E-state index is 12.2. The molecule has 0 radical (unpaired) electrons. The molecular weight excluding hydrogens is 374 g/mol. The molecule has 0 unspecified atom stereocenters.